The molecule has 0 saturated heterocycles. The maximum atomic E-state index is 11.9. The van der Waals surface area contributed by atoms with Crippen molar-refractivity contribution < 1.29 is 14.3 Å². The molecule has 8 nitrogen and oxygen atoms in total. The maximum absolute atomic E-state index is 11.9. The van der Waals surface area contributed by atoms with Crippen LogP contribution in [0.4, 0.5) is 0 Å². The van der Waals surface area contributed by atoms with Gasteiger partial charge in [-0.2, -0.15) is 5.10 Å². The van der Waals surface area contributed by atoms with Crippen LogP contribution in [0.3, 0.4) is 0 Å². The van der Waals surface area contributed by atoms with E-state index in [1.54, 1.807) is 24.3 Å². The Morgan fingerprint density at radius 3 is 2.29 bits per heavy atom. The van der Waals surface area contributed by atoms with Gasteiger partial charge in [0.15, 0.2) is 0 Å². The molecule has 1 heterocycles. The van der Waals surface area contributed by atoms with Crippen molar-refractivity contribution in [2.45, 2.75) is 6.92 Å². The van der Waals surface area contributed by atoms with E-state index >= 15 is 0 Å². The molecule has 0 radical (unpaired) electrons. The summed E-state index contributed by atoms with van der Waals surface area (Å²) in [5.41, 5.74) is 0.230. The average Bonchev–Trinajstić information content (AvgIpc) is 2.60. The highest BCUT2D eigenvalue weighted by Gasteiger charge is 2.08. The molecule has 24 heavy (non-hydrogen) atoms. The first-order valence-corrected chi connectivity index (χ1v) is 7.45. The van der Waals surface area contributed by atoms with Crippen molar-refractivity contribution in [3.8, 4) is 5.75 Å². The topological polar surface area (TPSA) is 113 Å². The van der Waals surface area contributed by atoms with Gasteiger partial charge in [0.05, 0.1) is 6.61 Å². The number of aromatic nitrogens is 2. The zero-order valence-electron chi connectivity index (χ0n) is 13.2. The number of rotatable bonds is 7. The molecule has 0 aliphatic heterocycles. The summed E-state index contributed by atoms with van der Waals surface area (Å²) in [5, 5.41) is 11.1. The fraction of sp³-hybridized carbons (Fsp3) is 0.250. The summed E-state index contributed by atoms with van der Waals surface area (Å²) < 4.78 is 5.31. The normalized spacial score (nSPS) is 10.0. The van der Waals surface area contributed by atoms with Crippen molar-refractivity contribution in [1.82, 2.24) is 20.8 Å². The van der Waals surface area contributed by atoms with Crippen LogP contribution >= 0.6 is 0 Å². The van der Waals surface area contributed by atoms with Gasteiger partial charge in [0.1, 0.15) is 11.4 Å². The molecular weight excluding hydrogens is 312 g/mol. The molecule has 0 atom stereocenters. The van der Waals surface area contributed by atoms with Gasteiger partial charge in [-0.1, -0.05) is 0 Å². The number of hydrogen-bond donors (Lipinski definition) is 3. The summed E-state index contributed by atoms with van der Waals surface area (Å²) in [6.07, 6.45) is 0. The summed E-state index contributed by atoms with van der Waals surface area (Å²) in [7, 11) is 0. The number of nitrogens with zero attached hydrogens (tertiary/aromatic N) is 1. The lowest BCUT2D eigenvalue weighted by Crippen LogP contribution is -2.35. The van der Waals surface area contributed by atoms with Crippen LogP contribution in [-0.2, 0) is 0 Å². The summed E-state index contributed by atoms with van der Waals surface area (Å²) in [4.78, 5) is 34.6. The Morgan fingerprint density at radius 2 is 1.71 bits per heavy atom. The Bertz CT molecular complexity index is 735. The van der Waals surface area contributed by atoms with Crippen LogP contribution in [0.15, 0.2) is 41.2 Å². The lowest BCUT2D eigenvalue weighted by atomic mass is 10.2. The van der Waals surface area contributed by atoms with Crippen molar-refractivity contribution >= 4 is 11.8 Å². The molecule has 126 valence electrons. The Labute approximate surface area is 138 Å². The first kappa shape index (κ1) is 17.2. The minimum atomic E-state index is -0.429. The van der Waals surface area contributed by atoms with Gasteiger partial charge >= 0.3 is 0 Å². The molecule has 0 saturated carbocycles. The fourth-order valence-electron chi connectivity index (χ4n) is 1.88. The van der Waals surface area contributed by atoms with Gasteiger partial charge in [-0.15, -0.1) is 0 Å². The highest BCUT2D eigenvalue weighted by Crippen LogP contribution is 2.11. The second kappa shape index (κ2) is 8.47. The molecule has 3 N–H and O–H groups in total. The van der Waals surface area contributed by atoms with Crippen LogP contribution in [0.25, 0.3) is 0 Å². The Hall–Kier alpha value is -3.16. The van der Waals surface area contributed by atoms with Crippen molar-refractivity contribution in [3.05, 3.63) is 58.0 Å². The van der Waals surface area contributed by atoms with E-state index in [2.05, 4.69) is 20.8 Å². The van der Waals surface area contributed by atoms with E-state index in [4.69, 9.17) is 4.74 Å². The number of hydrogen-bond acceptors (Lipinski definition) is 5. The quantitative estimate of drug-likeness (QED) is 0.633. The van der Waals surface area contributed by atoms with Crippen molar-refractivity contribution in [2.24, 2.45) is 0 Å². The van der Waals surface area contributed by atoms with E-state index in [-0.39, 0.29) is 30.2 Å². The number of nitrogens with one attached hydrogen (secondary N) is 3. The van der Waals surface area contributed by atoms with Crippen LogP contribution in [0.5, 0.6) is 5.75 Å². The molecular formula is C16H18N4O4. The molecule has 0 fully saturated rings. The monoisotopic (exact) mass is 330 g/mol. The Morgan fingerprint density at radius 1 is 1.04 bits per heavy atom. The number of ether oxygens (including phenoxy) is 1. The predicted molar refractivity (Wildman–Crippen MR) is 87.1 cm³/mol. The molecule has 0 spiro atoms. The summed E-state index contributed by atoms with van der Waals surface area (Å²) in [6, 6.07) is 9.33. The average molecular weight is 330 g/mol. The first-order valence-electron chi connectivity index (χ1n) is 7.45. The van der Waals surface area contributed by atoms with Gasteiger partial charge in [0, 0.05) is 24.7 Å². The number of benzene rings is 1. The van der Waals surface area contributed by atoms with Gasteiger partial charge in [-0.3, -0.25) is 14.4 Å². The molecule has 2 rings (SSSR count). The number of H-pyrrole nitrogens is 1. The standard InChI is InChI=1S/C16H18N4O4/c1-2-24-12-5-3-11(4-6-12)15(22)17-9-10-18-16(23)13-7-8-14(21)20-19-13/h3-8H,2,9-10H2,1H3,(H,17,22)(H,18,23)(H,20,21). The maximum Gasteiger partial charge on any atom is 0.271 e. The Balaban J connectivity index is 1.75. The first-order chi connectivity index (χ1) is 11.6. The van der Waals surface area contributed by atoms with E-state index < -0.39 is 5.91 Å². The third-order valence-corrected chi connectivity index (χ3v) is 3.04. The molecule has 0 aliphatic rings. The van der Waals surface area contributed by atoms with Crippen molar-refractivity contribution in [3.63, 3.8) is 0 Å². The zero-order valence-corrected chi connectivity index (χ0v) is 13.2. The smallest absolute Gasteiger partial charge is 0.271 e. The molecule has 0 bridgehead atoms. The van der Waals surface area contributed by atoms with E-state index in [1.807, 2.05) is 6.92 Å². The van der Waals surface area contributed by atoms with Gasteiger partial charge in [0.2, 0.25) is 0 Å². The number of carbonyl (C=O) groups excluding carboxylic acids is 2. The molecule has 0 unspecified atom stereocenters. The van der Waals surface area contributed by atoms with Gasteiger partial charge in [-0.25, -0.2) is 5.10 Å². The van der Waals surface area contributed by atoms with Crippen LogP contribution in [0.1, 0.15) is 27.8 Å². The lowest BCUT2D eigenvalue weighted by molar-refractivity contribution is 0.0924. The number of aromatic amines is 1. The molecule has 1 aromatic heterocycles. The Kier molecular flexibility index (Phi) is 6.07. The molecule has 0 aliphatic carbocycles. The minimum Gasteiger partial charge on any atom is -0.494 e. The van der Waals surface area contributed by atoms with E-state index in [1.165, 1.54) is 12.1 Å². The fourth-order valence-corrected chi connectivity index (χ4v) is 1.88. The van der Waals surface area contributed by atoms with Crippen molar-refractivity contribution in [2.75, 3.05) is 19.7 Å². The lowest BCUT2D eigenvalue weighted by Gasteiger charge is -2.07. The zero-order chi connectivity index (χ0) is 17.4. The van der Waals surface area contributed by atoms with Crippen molar-refractivity contribution in [1.29, 1.82) is 0 Å². The van der Waals surface area contributed by atoms with Gasteiger partial charge < -0.3 is 15.4 Å². The van der Waals surface area contributed by atoms with Gasteiger partial charge in [-0.05, 0) is 37.3 Å². The second-order valence-electron chi connectivity index (χ2n) is 4.78. The highest BCUT2D eigenvalue weighted by molar-refractivity contribution is 5.94. The van der Waals surface area contributed by atoms with E-state index in [9.17, 15) is 14.4 Å². The summed E-state index contributed by atoms with van der Waals surface area (Å²) in [5.74, 6) is 0.0331. The van der Waals surface area contributed by atoms with Crippen LogP contribution in [-0.4, -0.2) is 41.7 Å². The molecule has 8 heteroatoms. The third kappa shape index (κ3) is 4.94. The molecule has 1 aromatic carbocycles. The third-order valence-electron chi connectivity index (χ3n) is 3.04. The second-order valence-corrected chi connectivity index (χ2v) is 4.78. The number of amides is 2. The van der Waals surface area contributed by atoms with E-state index in [0.717, 1.165) is 0 Å². The summed E-state index contributed by atoms with van der Waals surface area (Å²) >= 11 is 0. The largest absolute Gasteiger partial charge is 0.494 e. The summed E-state index contributed by atoms with van der Waals surface area (Å²) in [6.45, 7) is 2.95. The van der Waals surface area contributed by atoms with Crippen LogP contribution < -0.4 is 20.9 Å². The predicted octanol–water partition coefficient (Wildman–Crippen LogP) is 0.328. The highest BCUT2D eigenvalue weighted by atomic mass is 16.5. The van der Waals surface area contributed by atoms with E-state index in [0.29, 0.717) is 17.9 Å². The van der Waals surface area contributed by atoms with Crippen LogP contribution in [0, 0.1) is 0 Å². The van der Waals surface area contributed by atoms with Gasteiger partial charge in [0.25, 0.3) is 17.4 Å². The SMILES string of the molecule is CCOc1ccc(C(=O)NCCNC(=O)c2ccc(=O)[nH]n2)cc1. The number of carbonyl (C=O) groups is 2. The minimum absolute atomic E-state index is 0.104. The van der Waals surface area contributed by atoms with Crippen LogP contribution in [0.2, 0.25) is 0 Å². The molecule has 2 aromatic rings. The molecule has 2 amide bonds.